The molecule has 0 atom stereocenters. The summed E-state index contributed by atoms with van der Waals surface area (Å²) in [4.78, 5) is 23.3. The molecule has 0 bridgehead atoms. The molecule has 0 unspecified atom stereocenters. The van der Waals surface area contributed by atoms with Crippen LogP contribution in [0.2, 0.25) is 0 Å². The number of fused-ring (bicyclic) bond motifs is 1. The van der Waals surface area contributed by atoms with Crippen LogP contribution in [0, 0.1) is 11.3 Å². The largest absolute Gasteiger partial charge is 0.545 e. The van der Waals surface area contributed by atoms with Crippen molar-refractivity contribution in [3.8, 4) is 11.8 Å². The smallest absolute Gasteiger partial charge is 0.387 e. The Kier molecular flexibility index (Phi) is 6.03. The van der Waals surface area contributed by atoms with E-state index in [0.29, 0.717) is 10.8 Å². The molecule has 0 spiro atoms. The van der Waals surface area contributed by atoms with Gasteiger partial charge in [0.15, 0.2) is 0 Å². The van der Waals surface area contributed by atoms with E-state index in [0.717, 1.165) is 0 Å². The number of amides is 1. The SMILES string of the molecule is N#C/C(=C\c1c(OC(F)F)ccc2ccccc12)C(=O)Nc1ccc(C(=O)[O-])cc1. The monoisotopic (exact) mass is 407 g/mol. The first-order valence-corrected chi connectivity index (χ1v) is 8.60. The number of hydrogen-bond donors (Lipinski definition) is 1. The Hall–Kier alpha value is -4.25. The van der Waals surface area contributed by atoms with Crippen LogP contribution in [-0.4, -0.2) is 18.5 Å². The van der Waals surface area contributed by atoms with Crippen LogP contribution in [0.3, 0.4) is 0 Å². The van der Waals surface area contributed by atoms with E-state index in [2.05, 4.69) is 10.1 Å². The van der Waals surface area contributed by atoms with E-state index in [1.165, 1.54) is 36.4 Å². The lowest BCUT2D eigenvalue weighted by Gasteiger charge is -2.12. The fourth-order valence-electron chi connectivity index (χ4n) is 2.80. The summed E-state index contributed by atoms with van der Waals surface area (Å²) < 4.78 is 30.2. The predicted molar refractivity (Wildman–Crippen MR) is 104 cm³/mol. The third-order valence-electron chi connectivity index (χ3n) is 4.18. The van der Waals surface area contributed by atoms with Gasteiger partial charge in [-0.15, -0.1) is 0 Å². The number of carboxylic acid groups (broad SMARTS) is 1. The van der Waals surface area contributed by atoms with Gasteiger partial charge in [-0.3, -0.25) is 4.79 Å². The first kappa shape index (κ1) is 20.5. The highest BCUT2D eigenvalue weighted by Gasteiger charge is 2.15. The van der Waals surface area contributed by atoms with E-state index < -0.39 is 18.5 Å². The standard InChI is InChI=1S/C22H14F2N2O4/c23-22(24)30-19-10-7-13-3-1-2-4-17(13)18(19)11-15(12-25)20(27)26-16-8-5-14(6-9-16)21(28)29/h1-11,22H,(H,26,27)(H,28,29)/p-1/b15-11+. The average Bonchev–Trinajstić information content (AvgIpc) is 2.72. The van der Waals surface area contributed by atoms with Gasteiger partial charge in [0.05, 0.1) is 5.97 Å². The number of halogens is 2. The Morgan fingerprint density at radius 1 is 1.07 bits per heavy atom. The van der Waals surface area contributed by atoms with Gasteiger partial charge in [0, 0.05) is 11.3 Å². The molecule has 3 rings (SSSR count). The third kappa shape index (κ3) is 4.59. The minimum absolute atomic E-state index is 0.0754. The summed E-state index contributed by atoms with van der Waals surface area (Å²) >= 11 is 0. The van der Waals surface area contributed by atoms with Gasteiger partial charge in [0.2, 0.25) is 0 Å². The van der Waals surface area contributed by atoms with Crippen molar-refractivity contribution in [3.63, 3.8) is 0 Å². The van der Waals surface area contributed by atoms with Crippen molar-refractivity contribution in [2.75, 3.05) is 5.32 Å². The number of ether oxygens (including phenoxy) is 1. The molecule has 6 nitrogen and oxygen atoms in total. The molecule has 0 saturated carbocycles. The summed E-state index contributed by atoms with van der Waals surface area (Å²) in [5.74, 6) is -2.34. The summed E-state index contributed by atoms with van der Waals surface area (Å²) in [5, 5.41) is 23.9. The Bertz CT molecular complexity index is 1180. The highest BCUT2D eigenvalue weighted by molar-refractivity contribution is 6.11. The van der Waals surface area contributed by atoms with Crippen molar-refractivity contribution < 1.29 is 28.2 Å². The fourth-order valence-corrected chi connectivity index (χ4v) is 2.80. The summed E-state index contributed by atoms with van der Waals surface area (Å²) in [6, 6.07) is 16.7. The number of anilines is 1. The number of aromatic carboxylic acids is 1. The van der Waals surface area contributed by atoms with Crippen LogP contribution in [0.4, 0.5) is 14.5 Å². The van der Waals surface area contributed by atoms with E-state index in [4.69, 9.17) is 0 Å². The van der Waals surface area contributed by atoms with Gasteiger partial charge in [0.25, 0.3) is 5.91 Å². The van der Waals surface area contributed by atoms with Crippen molar-refractivity contribution in [1.82, 2.24) is 0 Å². The summed E-state index contributed by atoms with van der Waals surface area (Å²) in [5.41, 5.74) is -0.0245. The lowest BCUT2D eigenvalue weighted by Crippen LogP contribution is -2.22. The van der Waals surface area contributed by atoms with Gasteiger partial charge in [-0.1, -0.05) is 42.5 Å². The zero-order valence-corrected chi connectivity index (χ0v) is 15.3. The third-order valence-corrected chi connectivity index (χ3v) is 4.18. The van der Waals surface area contributed by atoms with Gasteiger partial charge in [0.1, 0.15) is 17.4 Å². The van der Waals surface area contributed by atoms with Crippen LogP contribution >= 0.6 is 0 Å². The molecule has 0 saturated heterocycles. The summed E-state index contributed by atoms with van der Waals surface area (Å²) in [6.07, 6.45) is 1.17. The maximum absolute atomic E-state index is 12.8. The Morgan fingerprint density at radius 3 is 2.40 bits per heavy atom. The second-order valence-corrected chi connectivity index (χ2v) is 6.07. The predicted octanol–water partition coefficient (Wildman–Crippen LogP) is 3.35. The molecule has 3 aromatic carbocycles. The van der Waals surface area contributed by atoms with Gasteiger partial charge in [-0.2, -0.15) is 14.0 Å². The first-order valence-electron chi connectivity index (χ1n) is 8.60. The lowest BCUT2D eigenvalue weighted by molar-refractivity contribution is -0.255. The van der Waals surface area contributed by atoms with Crippen LogP contribution in [0.1, 0.15) is 15.9 Å². The molecule has 0 heterocycles. The average molecular weight is 407 g/mol. The van der Waals surface area contributed by atoms with Crippen LogP contribution in [0.15, 0.2) is 66.2 Å². The van der Waals surface area contributed by atoms with E-state index in [9.17, 15) is 28.7 Å². The van der Waals surface area contributed by atoms with Crippen LogP contribution < -0.4 is 15.2 Å². The van der Waals surface area contributed by atoms with E-state index in [1.54, 1.807) is 36.4 Å². The summed E-state index contributed by atoms with van der Waals surface area (Å²) in [6.45, 7) is -3.08. The fraction of sp³-hybridized carbons (Fsp3) is 0.0455. The van der Waals surface area contributed by atoms with Crippen LogP contribution in [0.5, 0.6) is 5.75 Å². The molecule has 3 aromatic rings. The normalized spacial score (nSPS) is 11.2. The molecule has 1 N–H and O–H groups in total. The zero-order chi connectivity index (χ0) is 21.7. The number of hydrogen-bond acceptors (Lipinski definition) is 5. The molecule has 0 aliphatic heterocycles. The molecule has 0 fully saturated rings. The second kappa shape index (κ2) is 8.84. The molecule has 0 radical (unpaired) electrons. The number of alkyl halides is 2. The maximum atomic E-state index is 12.8. The molecule has 30 heavy (non-hydrogen) atoms. The molecule has 0 aliphatic rings. The Morgan fingerprint density at radius 2 is 1.77 bits per heavy atom. The molecule has 8 heteroatoms. The van der Waals surface area contributed by atoms with Crippen molar-refractivity contribution in [1.29, 1.82) is 5.26 Å². The lowest BCUT2D eigenvalue weighted by atomic mass is 10.0. The first-order chi connectivity index (χ1) is 14.4. The van der Waals surface area contributed by atoms with Crippen molar-refractivity contribution in [3.05, 3.63) is 77.4 Å². The molecule has 1 amide bonds. The number of rotatable bonds is 6. The molecule has 0 aliphatic carbocycles. The van der Waals surface area contributed by atoms with E-state index in [1.807, 2.05) is 0 Å². The second-order valence-electron chi connectivity index (χ2n) is 6.07. The number of carboxylic acids is 1. The van der Waals surface area contributed by atoms with Gasteiger partial charge >= 0.3 is 6.61 Å². The summed E-state index contributed by atoms with van der Waals surface area (Å²) in [7, 11) is 0. The van der Waals surface area contributed by atoms with Gasteiger partial charge in [-0.25, -0.2) is 0 Å². The van der Waals surface area contributed by atoms with Gasteiger partial charge in [-0.05, 0) is 40.6 Å². The molecule has 0 aromatic heterocycles. The number of nitriles is 1. The number of carbonyl (C=O) groups is 2. The number of nitrogens with zero attached hydrogens (tertiary/aromatic N) is 1. The number of nitrogens with one attached hydrogen (secondary N) is 1. The van der Waals surface area contributed by atoms with E-state index in [-0.39, 0.29) is 28.1 Å². The minimum Gasteiger partial charge on any atom is -0.545 e. The van der Waals surface area contributed by atoms with Crippen LogP contribution in [-0.2, 0) is 4.79 Å². The van der Waals surface area contributed by atoms with Crippen molar-refractivity contribution in [2.24, 2.45) is 0 Å². The zero-order valence-electron chi connectivity index (χ0n) is 15.3. The van der Waals surface area contributed by atoms with Gasteiger partial charge < -0.3 is 20.0 Å². The van der Waals surface area contributed by atoms with Crippen molar-refractivity contribution in [2.45, 2.75) is 6.61 Å². The molecular weight excluding hydrogens is 394 g/mol. The Labute approximate surface area is 169 Å². The highest BCUT2D eigenvalue weighted by atomic mass is 19.3. The number of benzene rings is 3. The maximum Gasteiger partial charge on any atom is 0.387 e. The quantitative estimate of drug-likeness (QED) is 0.499. The Balaban J connectivity index is 1.98. The molecule has 150 valence electrons. The highest BCUT2D eigenvalue weighted by Crippen LogP contribution is 2.31. The van der Waals surface area contributed by atoms with Crippen molar-refractivity contribution >= 4 is 34.4 Å². The minimum atomic E-state index is -3.08. The molecular formula is C22H13F2N2O4-. The number of carbonyl (C=O) groups excluding carboxylic acids is 2. The van der Waals surface area contributed by atoms with Crippen LogP contribution in [0.25, 0.3) is 16.8 Å². The van der Waals surface area contributed by atoms with E-state index >= 15 is 0 Å². The topological polar surface area (TPSA) is 102 Å².